The van der Waals surface area contributed by atoms with Crippen molar-refractivity contribution in [3.05, 3.63) is 28.8 Å². The first-order chi connectivity index (χ1) is 8.59. The largest absolute Gasteiger partial charge is 0.535 e. The lowest BCUT2D eigenvalue weighted by Crippen LogP contribution is -2.37. The number of fused-ring (bicyclic) bond motifs is 3. The van der Waals surface area contributed by atoms with Crippen LogP contribution in [0.2, 0.25) is 5.82 Å². The zero-order chi connectivity index (χ0) is 12.9. The second-order valence-electron chi connectivity index (χ2n) is 4.80. The molecule has 18 heavy (non-hydrogen) atoms. The van der Waals surface area contributed by atoms with Crippen LogP contribution in [0, 0.1) is 6.92 Å². The summed E-state index contributed by atoms with van der Waals surface area (Å²) in [5.41, 5.74) is 1.59. The molecule has 0 saturated carbocycles. The highest BCUT2D eigenvalue weighted by Gasteiger charge is 2.47. The van der Waals surface area contributed by atoms with Crippen LogP contribution in [-0.2, 0) is 4.74 Å². The van der Waals surface area contributed by atoms with E-state index in [1.807, 2.05) is 6.07 Å². The fourth-order valence-corrected chi connectivity index (χ4v) is 2.76. The minimum atomic E-state index is -1.03. The van der Waals surface area contributed by atoms with E-state index in [9.17, 15) is 14.9 Å². The van der Waals surface area contributed by atoms with Gasteiger partial charge in [0.1, 0.15) is 11.3 Å². The lowest BCUT2D eigenvalue weighted by Gasteiger charge is -2.30. The first-order valence-electron chi connectivity index (χ1n) is 5.89. The fourth-order valence-electron chi connectivity index (χ4n) is 2.76. The van der Waals surface area contributed by atoms with E-state index in [4.69, 9.17) is 9.39 Å². The number of carboxylic acid groups (broad SMARTS) is 1. The smallest absolute Gasteiger partial charge is 0.529 e. The van der Waals surface area contributed by atoms with Gasteiger partial charge in [0, 0.05) is 18.3 Å². The van der Waals surface area contributed by atoms with Crippen LogP contribution in [0.15, 0.2) is 12.1 Å². The monoisotopic (exact) mass is 248 g/mol. The van der Waals surface area contributed by atoms with E-state index in [-0.39, 0.29) is 17.3 Å². The first kappa shape index (κ1) is 11.6. The third kappa shape index (κ3) is 1.53. The molecule has 0 aliphatic carbocycles. The number of ether oxygens (including phenoxy) is 1. The topological polar surface area (TPSA) is 76.0 Å². The van der Waals surface area contributed by atoms with Crippen molar-refractivity contribution in [3.8, 4) is 5.75 Å². The number of hydrogen-bond acceptors (Lipinski definition) is 4. The minimum Gasteiger partial charge on any atom is -0.535 e. The highest BCUT2D eigenvalue weighted by molar-refractivity contribution is 6.47. The van der Waals surface area contributed by atoms with Crippen LogP contribution in [0.5, 0.6) is 5.75 Å². The molecule has 6 heteroatoms. The highest BCUT2D eigenvalue weighted by atomic mass is 16.5. The Balaban J connectivity index is 2.17. The summed E-state index contributed by atoms with van der Waals surface area (Å²) in [6, 6.07) is 3.65. The minimum absolute atomic E-state index is 0.0162. The molecule has 5 nitrogen and oxygen atoms in total. The summed E-state index contributed by atoms with van der Waals surface area (Å²) in [5.74, 6) is -0.833. The molecular formula is C12H13BO5. The second-order valence-corrected chi connectivity index (χ2v) is 4.80. The molecule has 1 saturated heterocycles. The Morgan fingerprint density at radius 1 is 1.44 bits per heavy atom. The van der Waals surface area contributed by atoms with Gasteiger partial charge in [-0.25, -0.2) is 4.79 Å². The van der Waals surface area contributed by atoms with Crippen molar-refractivity contribution in [2.45, 2.75) is 18.7 Å². The van der Waals surface area contributed by atoms with Gasteiger partial charge in [0.15, 0.2) is 0 Å². The Hall–Kier alpha value is -1.53. The average molecular weight is 248 g/mol. The van der Waals surface area contributed by atoms with Crippen molar-refractivity contribution in [3.63, 3.8) is 0 Å². The lowest BCUT2D eigenvalue weighted by atomic mass is 9.62. The molecule has 0 bridgehead atoms. The average Bonchev–Trinajstić information content (AvgIpc) is 2.77. The van der Waals surface area contributed by atoms with E-state index in [1.165, 1.54) is 0 Å². The zero-order valence-corrected chi connectivity index (χ0v) is 9.92. The summed E-state index contributed by atoms with van der Waals surface area (Å²) >= 11 is 0. The Morgan fingerprint density at radius 3 is 2.94 bits per heavy atom. The summed E-state index contributed by atoms with van der Waals surface area (Å²) in [5, 5.41) is 19.2. The molecule has 1 aromatic carbocycles. The van der Waals surface area contributed by atoms with Crippen molar-refractivity contribution in [1.82, 2.24) is 0 Å². The molecule has 1 fully saturated rings. The normalized spacial score (nSPS) is 25.3. The van der Waals surface area contributed by atoms with Crippen molar-refractivity contribution in [2.24, 2.45) is 0 Å². The number of rotatable bonds is 1. The molecular weight excluding hydrogens is 235 g/mol. The van der Waals surface area contributed by atoms with Crippen molar-refractivity contribution in [2.75, 3.05) is 13.2 Å². The van der Waals surface area contributed by atoms with Gasteiger partial charge in [0.05, 0.1) is 6.61 Å². The summed E-state index contributed by atoms with van der Waals surface area (Å²) in [6.45, 7) is 2.67. The third-order valence-corrected chi connectivity index (χ3v) is 3.74. The molecule has 0 aromatic heterocycles. The maximum absolute atomic E-state index is 11.3. The molecule has 94 valence electrons. The molecule has 2 aliphatic heterocycles. The molecule has 1 aromatic rings. The maximum atomic E-state index is 11.3. The number of carbonyl (C=O) groups is 1. The molecule has 0 unspecified atom stereocenters. The predicted molar refractivity (Wildman–Crippen MR) is 64.0 cm³/mol. The summed E-state index contributed by atoms with van der Waals surface area (Å²) < 4.78 is 10.8. The third-order valence-electron chi connectivity index (χ3n) is 3.74. The van der Waals surface area contributed by atoms with Gasteiger partial charge in [0.25, 0.3) is 0 Å². The van der Waals surface area contributed by atoms with Crippen molar-refractivity contribution >= 4 is 13.1 Å². The number of carboxylic acids is 1. The fraction of sp³-hybridized carbons (Fsp3) is 0.417. The first-order valence-corrected chi connectivity index (χ1v) is 5.89. The van der Waals surface area contributed by atoms with E-state index >= 15 is 0 Å². The van der Waals surface area contributed by atoms with Gasteiger partial charge in [-0.3, -0.25) is 0 Å². The van der Waals surface area contributed by atoms with Crippen LogP contribution in [-0.4, -0.2) is 36.4 Å². The van der Waals surface area contributed by atoms with Crippen LogP contribution >= 0.6 is 0 Å². The molecule has 2 heterocycles. The van der Waals surface area contributed by atoms with E-state index in [0.29, 0.717) is 24.5 Å². The predicted octanol–water partition coefficient (Wildman–Crippen LogP) is 1.05. The summed E-state index contributed by atoms with van der Waals surface area (Å²) in [7, 11) is -0.995. The number of aromatic carboxylic acids is 1. The van der Waals surface area contributed by atoms with E-state index < -0.39 is 13.1 Å². The van der Waals surface area contributed by atoms with Gasteiger partial charge in [-0.05, 0) is 18.1 Å². The Labute approximate surface area is 104 Å². The quantitative estimate of drug-likeness (QED) is 0.726. The number of aryl methyl sites for hydroxylation is 1. The van der Waals surface area contributed by atoms with Gasteiger partial charge in [-0.1, -0.05) is 12.1 Å². The molecule has 2 aliphatic rings. The zero-order valence-electron chi connectivity index (χ0n) is 9.92. The van der Waals surface area contributed by atoms with Crippen LogP contribution in [0.1, 0.15) is 27.4 Å². The highest BCUT2D eigenvalue weighted by Crippen LogP contribution is 2.47. The van der Waals surface area contributed by atoms with Crippen LogP contribution in [0.25, 0.3) is 0 Å². The van der Waals surface area contributed by atoms with Gasteiger partial charge in [0.2, 0.25) is 0 Å². The maximum Gasteiger partial charge on any atom is 0.529 e. The molecule has 3 rings (SSSR count). The van der Waals surface area contributed by atoms with Gasteiger partial charge in [-0.15, -0.1) is 0 Å². The summed E-state index contributed by atoms with van der Waals surface area (Å²) in [6.07, 6.45) is 0. The van der Waals surface area contributed by atoms with Crippen LogP contribution in [0.4, 0.5) is 0 Å². The number of benzene rings is 1. The molecule has 0 amide bonds. The molecule has 2 atom stereocenters. The van der Waals surface area contributed by atoms with E-state index in [2.05, 4.69) is 0 Å². The van der Waals surface area contributed by atoms with Crippen molar-refractivity contribution < 1.29 is 24.3 Å². The van der Waals surface area contributed by atoms with Gasteiger partial charge < -0.3 is 19.5 Å². The standard InChI is InChI=1S/C12H13BO5/c1-6-2-3-7-8-4-17-5-9(8)13(16)18-11(7)10(6)12(14)15/h2-3,8-9,16H,4-5H2,1H3,(H,14,15)/t8-,9-/m1/s1. The Bertz CT molecular complexity index is 515. The molecule has 0 radical (unpaired) electrons. The summed E-state index contributed by atoms with van der Waals surface area (Å²) in [4.78, 5) is 11.3. The molecule has 2 N–H and O–H groups in total. The molecule has 0 spiro atoms. The lowest BCUT2D eigenvalue weighted by molar-refractivity contribution is 0.0693. The van der Waals surface area contributed by atoms with E-state index in [1.54, 1.807) is 13.0 Å². The van der Waals surface area contributed by atoms with Crippen LogP contribution < -0.4 is 4.65 Å². The van der Waals surface area contributed by atoms with Crippen molar-refractivity contribution in [1.29, 1.82) is 0 Å². The number of hydrogen-bond donors (Lipinski definition) is 2. The van der Waals surface area contributed by atoms with Crippen LogP contribution in [0.3, 0.4) is 0 Å². The van der Waals surface area contributed by atoms with Gasteiger partial charge >= 0.3 is 13.1 Å². The SMILES string of the molecule is Cc1ccc2c(c1C(=O)O)OB(O)[C@@H]1COC[C@H]21. The van der Waals surface area contributed by atoms with Gasteiger partial charge in [-0.2, -0.15) is 0 Å². The second kappa shape index (κ2) is 4.00. The Kier molecular flexibility index (Phi) is 2.57. The van der Waals surface area contributed by atoms with E-state index in [0.717, 1.165) is 5.56 Å². The Morgan fingerprint density at radius 2 is 2.22 bits per heavy atom.